The largest absolute Gasteiger partial charge is 0.497 e. The monoisotopic (exact) mass is 659 g/mol. The minimum absolute atomic E-state index is 0.179. The molecule has 1 aromatic carbocycles. The number of nitrogens with zero attached hydrogens (tertiary/aromatic N) is 1. The number of likely N-dealkylation sites (tertiary alicyclic amines) is 1. The van der Waals surface area contributed by atoms with Gasteiger partial charge in [0.2, 0.25) is 0 Å². The van der Waals surface area contributed by atoms with Crippen molar-refractivity contribution in [3.8, 4) is 5.75 Å². The van der Waals surface area contributed by atoms with Crippen molar-refractivity contribution >= 4 is 11.9 Å². The number of rotatable bonds is 10. The first-order chi connectivity index (χ1) is 22.5. The lowest BCUT2D eigenvalue weighted by Gasteiger charge is -2.70. The van der Waals surface area contributed by atoms with Crippen LogP contribution in [0.25, 0.3) is 0 Å². The van der Waals surface area contributed by atoms with Gasteiger partial charge in [0.15, 0.2) is 0 Å². The van der Waals surface area contributed by atoms with E-state index in [1.54, 1.807) is 52.7 Å². The van der Waals surface area contributed by atoms with Crippen LogP contribution in [0.5, 0.6) is 5.75 Å². The van der Waals surface area contributed by atoms with Gasteiger partial charge >= 0.3 is 11.9 Å². The van der Waals surface area contributed by atoms with Crippen LogP contribution in [0.3, 0.4) is 0 Å². The zero-order valence-electron chi connectivity index (χ0n) is 28.3. The molecule has 0 amide bonds. The van der Waals surface area contributed by atoms with Gasteiger partial charge in [-0.3, -0.25) is 9.69 Å². The fourth-order valence-corrected chi connectivity index (χ4v) is 12.4. The Labute approximate surface area is 275 Å². The molecule has 1 saturated heterocycles. The minimum Gasteiger partial charge on any atom is -0.497 e. The SMILES string of the molecule is CCN1C[C@]2(COC)[C@H](O)C[C@H](OC)[C@@]34[C@@H]5C[C@]6(O)[C@@H](OC)C[C@](OC(C)=O)(C([C@H](OC)[C@H]23)[C@@H]14)[C@H]5[C@H]6OC(=O)c1ccc(OC)cc1. The Kier molecular flexibility index (Phi) is 8.02. The summed E-state index contributed by atoms with van der Waals surface area (Å²) in [5.74, 6) is -2.10. The second kappa shape index (κ2) is 11.4. The van der Waals surface area contributed by atoms with E-state index in [4.69, 9.17) is 33.2 Å². The smallest absolute Gasteiger partial charge is 0.338 e. The molecule has 47 heavy (non-hydrogen) atoms. The Hall–Kier alpha value is -2.32. The Bertz CT molecular complexity index is 1390. The highest BCUT2D eigenvalue weighted by Crippen LogP contribution is 2.80. The molecule has 260 valence electrons. The molecular formula is C35H49NO11. The van der Waals surface area contributed by atoms with Crippen molar-refractivity contribution < 1.29 is 53.0 Å². The highest BCUT2D eigenvalue weighted by Gasteiger charge is 2.90. The van der Waals surface area contributed by atoms with Crippen molar-refractivity contribution in [1.29, 1.82) is 0 Å². The van der Waals surface area contributed by atoms with Gasteiger partial charge < -0.3 is 43.4 Å². The highest BCUT2D eigenvalue weighted by atomic mass is 16.6. The summed E-state index contributed by atoms with van der Waals surface area (Å²) in [4.78, 5) is 29.5. The van der Waals surface area contributed by atoms with Gasteiger partial charge in [0, 0.05) is 89.4 Å². The van der Waals surface area contributed by atoms with E-state index in [0.717, 1.165) is 0 Å². The van der Waals surface area contributed by atoms with E-state index in [1.165, 1.54) is 14.0 Å². The number of hydrogen-bond acceptors (Lipinski definition) is 12. The number of piperidine rings is 1. The standard InChI is InChI=1S/C35H49NO11/c1-8-36-16-32(17-41-3)22(38)13-23(43-5)35-21-14-33(40)24(44-6)15-34(47-18(2)37,26(29(35)36)27(45-7)28(32)35)25(21)30(33)46-31(39)19-9-11-20(42-4)12-10-19/h9-12,21-30,38,40H,8,13-17H2,1-7H3/t21-,22-,23+,24+,25-,26?,27+,28-,29-,30-,32+,33+,34-,35+/m1/s1. The van der Waals surface area contributed by atoms with Crippen LogP contribution in [0.4, 0.5) is 0 Å². The van der Waals surface area contributed by atoms with Gasteiger partial charge in [0.25, 0.3) is 0 Å². The molecule has 5 saturated carbocycles. The molecule has 0 radical (unpaired) electrons. The lowest BCUT2D eigenvalue weighted by atomic mass is 9.42. The summed E-state index contributed by atoms with van der Waals surface area (Å²) < 4.78 is 43.2. The lowest BCUT2D eigenvalue weighted by Crippen LogP contribution is -2.79. The summed E-state index contributed by atoms with van der Waals surface area (Å²) in [6, 6.07) is 6.44. The summed E-state index contributed by atoms with van der Waals surface area (Å²) in [5, 5.41) is 24.8. The Morgan fingerprint density at radius 2 is 1.68 bits per heavy atom. The van der Waals surface area contributed by atoms with Gasteiger partial charge in [0.1, 0.15) is 23.1 Å². The van der Waals surface area contributed by atoms with Gasteiger partial charge in [-0.25, -0.2) is 4.79 Å². The number of carbonyl (C=O) groups excluding carboxylic acids is 2. The van der Waals surface area contributed by atoms with E-state index in [2.05, 4.69) is 11.8 Å². The molecule has 1 unspecified atom stereocenters. The Morgan fingerprint density at radius 3 is 2.26 bits per heavy atom. The van der Waals surface area contributed by atoms with E-state index in [9.17, 15) is 19.8 Å². The summed E-state index contributed by atoms with van der Waals surface area (Å²) in [6.07, 6.45) is -2.70. The van der Waals surface area contributed by atoms with E-state index in [0.29, 0.717) is 37.4 Å². The highest BCUT2D eigenvalue weighted by molar-refractivity contribution is 5.89. The molecule has 12 nitrogen and oxygen atoms in total. The normalized spacial score (nSPS) is 47.4. The van der Waals surface area contributed by atoms with Gasteiger partial charge in [-0.05, 0) is 43.1 Å². The summed E-state index contributed by atoms with van der Waals surface area (Å²) in [6.45, 7) is 5.04. The number of aliphatic hydroxyl groups excluding tert-OH is 1. The minimum atomic E-state index is -1.58. The number of hydrogen-bond donors (Lipinski definition) is 2. The second-order valence-corrected chi connectivity index (χ2v) is 14.7. The Morgan fingerprint density at radius 1 is 0.979 bits per heavy atom. The van der Waals surface area contributed by atoms with Crippen molar-refractivity contribution in [3.63, 3.8) is 0 Å². The van der Waals surface area contributed by atoms with Crippen LogP contribution in [0.1, 0.15) is 43.5 Å². The van der Waals surface area contributed by atoms with Crippen LogP contribution in [0.15, 0.2) is 24.3 Å². The van der Waals surface area contributed by atoms with Crippen molar-refractivity contribution in [2.75, 3.05) is 55.2 Å². The third-order valence-corrected chi connectivity index (χ3v) is 13.4. The molecular weight excluding hydrogens is 610 g/mol. The molecule has 1 aromatic rings. The fourth-order valence-electron chi connectivity index (χ4n) is 12.4. The Balaban J connectivity index is 1.47. The van der Waals surface area contributed by atoms with E-state index in [1.807, 2.05) is 0 Å². The average Bonchev–Trinajstić information content (AvgIpc) is 3.43. The summed E-state index contributed by atoms with van der Waals surface area (Å²) in [5.41, 5.74) is -3.89. The molecule has 6 aliphatic rings. The van der Waals surface area contributed by atoms with Crippen LogP contribution >= 0.6 is 0 Å². The van der Waals surface area contributed by atoms with Gasteiger partial charge in [-0.15, -0.1) is 0 Å². The topological polar surface area (TPSA) is 142 Å². The quantitative estimate of drug-likeness (QED) is 0.353. The number of aliphatic hydroxyl groups is 2. The van der Waals surface area contributed by atoms with Crippen molar-refractivity contribution in [2.24, 2.45) is 34.5 Å². The molecule has 12 heteroatoms. The van der Waals surface area contributed by atoms with Crippen LogP contribution in [-0.4, -0.2) is 130 Å². The first-order valence-corrected chi connectivity index (χ1v) is 16.7. The first-order valence-electron chi connectivity index (χ1n) is 16.7. The van der Waals surface area contributed by atoms with Crippen molar-refractivity contribution in [3.05, 3.63) is 29.8 Å². The summed E-state index contributed by atoms with van der Waals surface area (Å²) >= 11 is 0. The first kappa shape index (κ1) is 33.2. The van der Waals surface area contributed by atoms with Crippen molar-refractivity contribution in [1.82, 2.24) is 4.90 Å². The van der Waals surface area contributed by atoms with Crippen molar-refractivity contribution in [2.45, 2.75) is 80.9 Å². The van der Waals surface area contributed by atoms with Crippen LogP contribution < -0.4 is 4.74 Å². The molecule has 1 spiro atoms. The number of esters is 2. The second-order valence-electron chi connectivity index (χ2n) is 14.7. The number of benzene rings is 1. The molecule has 1 aliphatic heterocycles. The van der Waals surface area contributed by atoms with Crippen LogP contribution in [0, 0.1) is 34.5 Å². The molecule has 0 aromatic heterocycles. The molecule has 6 fully saturated rings. The molecule has 7 rings (SSSR count). The van der Waals surface area contributed by atoms with E-state index in [-0.39, 0.29) is 30.7 Å². The maximum atomic E-state index is 13.9. The van der Waals surface area contributed by atoms with E-state index < -0.39 is 76.3 Å². The third-order valence-electron chi connectivity index (χ3n) is 13.4. The van der Waals surface area contributed by atoms with Crippen LogP contribution in [0.2, 0.25) is 0 Å². The van der Waals surface area contributed by atoms with Gasteiger partial charge in [-0.2, -0.15) is 0 Å². The fraction of sp³-hybridized carbons (Fsp3) is 0.771. The molecule has 2 N–H and O–H groups in total. The van der Waals surface area contributed by atoms with Crippen LogP contribution in [-0.2, 0) is 33.2 Å². The van der Waals surface area contributed by atoms with Gasteiger partial charge in [0.05, 0.1) is 43.7 Å². The molecule has 14 atom stereocenters. The maximum absolute atomic E-state index is 13.9. The predicted octanol–water partition coefficient (Wildman–Crippen LogP) is 1.69. The predicted molar refractivity (Wildman–Crippen MR) is 166 cm³/mol. The van der Waals surface area contributed by atoms with Gasteiger partial charge in [-0.1, -0.05) is 6.92 Å². The maximum Gasteiger partial charge on any atom is 0.338 e. The average molecular weight is 660 g/mol. The zero-order valence-corrected chi connectivity index (χ0v) is 28.3. The lowest BCUT2D eigenvalue weighted by molar-refractivity contribution is -0.300. The number of methoxy groups -OCH3 is 5. The molecule has 5 aliphatic carbocycles. The molecule has 7 bridgehead atoms. The van der Waals surface area contributed by atoms with E-state index >= 15 is 0 Å². The molecule has 1 heterocycles. The zero-order chi connectivity index (χ0) is 33.7. The third kappa shape index (κ3) is 4.00. The number of ether oxygens (including phenoxy) is 7. The summed E-state index contributed by atoms with van der Waals surface area (Å²) in [7, 11) is 8.11. The number of fused-ring (bicyclic) bond motifs is 2. The number of carbonyl (C=O) groups is 2.